The molecule has 0 aliphatic heterocycles. The highest BCUT2D eigenvalue weighted by Gasteiger charge is 2.24. The van der Waals surface area contributed by atoms with E-state index in [2.05, 4.69) is 0 Å². The number of carboxylic acids is 2. The third-order valence-corrected chi connectivity index (χ3v) is 4.58. The zero-order valence-electron chi connectivity index (χ0n) is 16.2. The molecule has 154 valence electrons. The molecule has 0 aromatic heterocycles. The van der Waals surface area contributed by atoms with Gasteiger partial charge in [0.25, 0.3) is 0 Å². The van der Waals surface area contributed by atoms with Gasteiger partial charge in [-0.2, -0.15) is 0 Å². The van der Waals surface area contributed by atoms with E-state index in [0.29, 0.717) is 21.5 Å². The average Bonchev–Trinajstić information content (AvgIpc) is 2.71. The molecule has 0 saturated carbocycles. The number of carbonyl (C=O) groups is 4. The molecule has 0 heterocycles. The third kappa shape index (κ3) is 3.55. The van der Waals surface area contributed by atoms with E-state index in [1.54, 1.807) is 13.8 Å². The summed E-state index contributed by atoms with van der Waals surface area (Å²) in [7, 11) is 0. The van der Waals surface area contributed by atoms with Gasteiger partial charge in [0.2, 0.25) is 0 Å². The van der Waals surface area contributed by atoms with Gasteiger partial charge in [0.1, 0.15) is 0 Å². The fourth-order valence-corrected chi connectivity index (χ4v) is 3.35. The van der Waals surface area contributed by atoms with Crippen LogP contribution in [0.2, 0.25) is 0 Å². The van der Waals surface area contributed by atoms with Gasteiger partial charge in [-0.1, -0.05) is 18.2 Å². The van der Waals surface area contributed by atoms with Crippen molar-refractivity contribution in [2.45, 2.75) is 13.8 Å². The van der Waals surface area contributed by atoms with Crippen LogP contribution >= 0.6 is 0 Å². The number of benzene rings is 3. The molecule has 0 spiro atoms. The standard InChI is InChI=1S/C22H18O8/c1-3-29-21(27)15-8-6-12-14(18(15)22(28)30-4-2)7-5-13-16(12)9-11(19(23)24)10-17(13)20(25)26/h5-10H,3-4H2,1-2H3,(H,23,24)(H,25,26). The van der Waals surface area contributed by atoms with Crippen molar-refractivity contribution in [2.24, 2.45) is 0 Å². The number of aromatic carboxylic acids is 2. The number of hydrogen-bond donors (Lipinski definition) is 2. The molecule has 0 aliphatic carbocycles. The molecule has 0 radical (unpaired) electrons. The molecular weight excluding hydrogens is 392 g/mol. The van der Waals surface area contributed by atoms with Gasteiger partial charge >= 0.3 is 23.9 Å². The molecule has 0 amide bonds. The van der Waals surface area contributed by atoms with Crippen molar-refractivity contribution in [3.8, 4) is 0 Å². The maximum absolute atomic E-state index is 12.7. The molecule has 0 atom stereocenters. The van der Waals surface area contributed by atoms with Crippen molar-refractivity contribution >= 4 is 45.4 Å². The van der Waals surface area contributed by atoms with Crippen molar-refractivity contribution < 1.29 is 38.9 Å². The summed E-state index contributed by atoms with van der Waals surface area (Å²) in [6.07, 6.45) is 0. The van der Waals surface area contributed by atoms with Crippen LogP contribution in [0.25, 0.3) is 21.5 Å². The van der Waals surface area contributed by atoms with Crippen molar-refractivity contribution in [3.63, 3.8) is 0 Å². The lowest BCUT2D eigenvalue weighted by molar-refractivity contribution is 0.0481. The molecule has 3 aromatic carbocycles. The van der Waals surface area contributed by atoms with E-state index in [4.69, 9.17) is 9.47 Å². The van der Waals surface area contributed by atoms with Gasteiger partial charge in [0.15, 0.2) is 0 Å². The summed E-state index contributed by atoms with van der Waals surface area (Å²) >= 11 is 0. The van der Waals surface area contributed by atoms with Crippen LogP contribution in [0.15, 0.2) is 36.4 Å². The lowest BCUT2D eigenvalue weighted by Crippen LogP contribution is -2.15. The highest BCUT2D eigenvalue weighted by atomic mass is 16.5. The average molecular weight is 410 g/mol. The van der Waals surface area contributed by atoms with Crippen LogP contribution in [-0.4, -0.2) is 47.3 Å². The minimum absolute atomic E-state index is 0.00926. The number of rotatable bonds is 6. The van der Waals surface area contributed by atoms with E-state index < -0.39 is 23.9 Å². The minimum Gasteiger partial charge on any atom is -0.478 e. The normalized spacial score (nSPS) is 10.7. The monoisotopic (exact) mass is 410 g/mol. The number of ether oxygens (including phenoxy) is 2. The molecule has 0 bridgehead atoms. The first-order valence-corrected chi connectivity index (χ1v) is 9.14. The lowest BCUT2D eigenvalue weighted by atomic mass is 9.92. The van der Waals surface area contributed by atoms with Crippen LogP contribution < -0.4 is 0 Å². The quantitative estimate of drug-likeness (QED) is 0.465. The number of esters is 2. The molecule has 0 aliphatic rings. The Labute approximate surface area is 170 Å². The maximum Gasteiger partial charge on any atom is 0.339 e. The van der Waals surface area contributed by atoms with E-state index in [-0.39, 0.29) is 35.5 Å². The van der Waals surface area contributed by atoms with Crippen LogP contribution in [0.3, 0.4) is 0 Å². The van der Waals surface area contributed by atoms with Gasteiger partial charge in [-0.05, 0) is 53.6 Å². The Hall–Kier alpha value is -3.94. The minimum atomic E-state index is -1.29. The van der Waals surface area contributed by atoms with E-state index in [1.807, 2.05) is 0 Å². The fourth-order valence-electron chi connectivity index (χ4n) is 3.35. The molecule has 8 nitrogen and oxygen atoms in total. The Balaban J connectivity index is 2.45. The second-order valence-electron chi connectivity index (χ2n) is 6.32. The second kappa shape index (κ2) is 8.20. The van der Waals surface area contributed by atoms with Crippen molar-refractivity contribution in [1.29, 1.82) is 0 Å². The number of hydrogen-bond acceptors (Lipinski definition) is 6. The molecule has 8 heteroatoms. The van der Waals surface area contributed by atoms with E-state index >= 15 is 0 Å². The molecule has 0 unspecified atom stereocenters. The van der Waals surface area contributed by atoms with Gasteiger partial charge in [-0.25, -0.2) is 19.2 Å². The summed E-state index contributed by atoms with van der Waals surface area (Å²) in [5.74, 6) is -4.01. The summed E-state index contributed by atoms with van der Waals surface area (Å²) in [6, 6.07) is 8.33. The van der Waals surface area contributed by atoms with Crippen LogP contribution in [0, 0.1) is 0 Å². The topological polar surface area (TPSA) is 127 Å². The summed E-state index contributed by atoms with van der Waals surface area (Å²) in [5.41, 5.74) is -0.402. The van der Waals surface area contributed by atoms with Crippen LogP contribution in [0.1, 0.15) is 55.3 Å². The molecular formula is C22H18O8. The third-order valence-electron chi connectivity index (χ3n) is 4.58. The Morgan fingerprint density at radius 2 is 1.30 bits per heavy atom. The zero-order valence-corrected chi connectivity index (χ0v) is 16.2. The van der Waals surface area contributed by atoms with Crippen LogP contribution in [0.5, 0.6) is 0 Å². The Bertz CT molecular complexity index is 1210. The second-order valence-corrected chi connectivity index (χ2v) is 6.32. The summed E-state index contributed by atoms with van der Waals surface area (Å²) < 4.78 is 10.1. The van der Waals surface area contributed by atoms with Crippen molar-refractivity contribution in [3.05, 3.63) is 58.7 Å². The zero-order chi connectivity index (χ0) is 22.0. The molecule has 3 aromatic rings. The Morgan fingerprint density at radius 3 is 1.90 bits per heavy atom. The van der Waals surface area contributed by atoms with Gasteiger partial charge in [0.05, 0.1) is 35.5 Å². The molecule has 3 rings (SSSR count). The van der Waals surface area contributed by atoms with E-state index in [0.717, 1.165) is 6.07 Å². The first kappa shape index (κ1) is 20.8. The number of carbonyl (C=O) groups excluding carboxylic acids is 2. The number of fused-ring (bicyclic) bond motifs is 3. The maximum atomic E-state index is 12.7. The highest BCUT2D eigenvalue weighted by molar-refractivity contribution is 6.21. The smallest absolute Gasteiger partial charge is 0.339 e. The van der Waals surface area contributed by atoms with E-state index in [9.17, 15) is 29.4 Å². The highest BCUT2D eigenvalue weighted by Crippen LogP contribution is 2.33. The molecule has 2 N–H and O–H groups in total. The van der Waals surface area contributed by atoms with Crippen LogP contribution in [0.4, 0.5) is 0 Å². The first-order chi connectivity index (χ1) is 14.3. The SMILES string of the molecule is CCOC(=O)c1ccc2c(ccc3c(C(=O)O)cc(C(=O)O)cc32)c1C(=O)OCC. The van der Waals surface area contributed by atoms with Crippen molar-refractivity contribution in [1.82, 2.24) is 0 Å². The lowest BCUT2D eigenvalue weighted by Gasteiger charge is -2.14. The fraction of sp³-hybridized carbons (Fsp3) is 0.182. The van der Waals surface area contributed by atoms with Crippen molar-refractivity contribution in [2.75, 3.05) is 13.2 Å². The summed E-state index contributed by atoms with van der Waals surface area (Å²) in [5, 5.41) is 20.3. The van der Waals surface area contributed by atoms with Gasteiger partial charge in [-0.15, -0.1) is 0 Å². The molecule has 0 saturated heterocycles. The predicted octanol–water partition coefficient (Wildman–Crippen LogP) is 3.74. The van der Waals surface area contributed by atoms with Gasteiger partial charge in [0, 0.05) is 0 Å². The first-order valence-electron chi connectivity index (χ1n) is 9.14. The summed E-state index contributed by atoms with van der Waals surface area (Å²) in [4.78, 5) is 48.2. The number of carboxylic acid groups (broad SMARTS) is 2. The largest absolute Gasteiger partial charge is 0.478 e. The Kier molecular flexibility index (Phi) is 5.68. The molecule has 0 fully saturated rings. The van der Waals surface area contributed by atoms with Gasteiger partial charge in [-0.3, -0.25) is 0 Å². The van der Waals surface area contributed by atoms with E-state index in [1.165, 1.54) is 30.3 Å². The van der Waals surface area contributed by atoms with Crippen LogP contribution in [-0.2, 0) is 9.47 Å². The predicted molar refractivity (Wildman–Crippen MR) is 107 cm³/mol. The van der Waals surface area contributed by atoms with Gasteiger partial charge < -0.3 is 19.7 Å². The Morgan fingerprint density at radius 1 is 0.700 bits per heavy atom. The molecule has 30 heavy (non-hydrogen) atoms. The summed E-state index contributed by atoms with van der Waals surface area (Å²) in [6.45, 7) is 3.45.